The monoisotopic (exact) mass is 574 g/mol. The van der Waals surface area contributed by atoms with Gasteiger partial charge >= 0.3 is 0 Å². The van der Waals surface area contributed by atoms with E-state index in [1.165, 1.54) is 15.6 Å². The van der Waals surface area contributed by atoms with Gasteiger partial charge < -0.3 is 13.6 Å². The lowest BCUT2D eigenvalue weighted by Crippen LogP contribution is -2.68. The Morgan fingerprint density at radius 1 is 0.825 bits per heavy atom. The Labute approximate surface area is 243 Å². The molecule has 1 saturated heterocycles. The Morgan fingerprint density at radius 3 is 1.65 bits per heavy atom. The number of ketones is 1. The van der Waals surface area contributed by atoms with E-state index in [-0.39, 0.29) is 16.9 Å². The summed E-state index contributed by atoms with van der Waals surface area (Å²) in [5.41, 5.74) is -1.63. The van der Waals surface area contributed by atoms with E-state index in [9.17, 15) is 4.79 Å². The highest BCUT2D eigenvalue weighted by Gasteiger charge is 2.63. The van der Waals surface area contributed by atoms with Crippen molar-refractivity contribution < 1.29 is 18.4 Å². The topological polar surface area (TPSA) is 44.8 Å². The van der Waals surface area contributed by atoms with E-state index >= 15 is 0 Å². The first-order valence-electron chi connectivity index (χ1n) is 14.4. The quantitative estimate of drug-likeness (QED) is 0.302. The summed E-state index contributed by atoms with van der Waals surface area (Å²) in [6.07, 6.45) is -0.782. The average Bonchev–Trinajstić information content (AvgIpc) is 3.11. The number of carbonyl (C=O) groups is 1. The normalized spacial score (nSPS) is 25.6. The summed E-state index contributed by atoms with van der Waals surface area (Å²) in [6, 6.07) is 31.7. The molecule has 1 aliphatic rings. The lowest BCUT2D eigenvalue weighted by atomic mass is 9.74. The second-order valence-electron chi connectivity index (χ2n) is 13.2. The molecule has 214 valence electrons. The van der Waals surface area contributed by atoms with Crippen molar-refractivity contribution in [2.24, 2.45) is 5.41 Å². The SMILES string of the molecule is CC(=O)[C@]1(C)[C@H](C)O[C@](C)(CO[Si](c2ccccc2)(c2ccccc2)C(C)(C)C)[C@H]1O[Si](C)(C)c1ccccc1. The summed E-state index contributed by atoms with van der Waals surface area (Å²) >= 11 is 0. The van der Waals surface area contributed by atoms with Crippen LogP contribution in [0.15, 0.2) is 91.0 Å². The maximum atomic E-state index is 13.3. The molecule has 1 fully saturated rings. The van der Waals surface area contributed by atoms with Crippen LogP contribution < -0.4 is 15.6 Å². The molecule has 0 aliphatic carbocycles. The van der Waals surface area contributed by atoms with Gasteiger partial charge in [-0.05, 0) is 61.4 Å². The van der Waals surface area contributed by atoms with Gasteiger partial charge in [0.15, 0.2) is 0 Å². The van der Waals surface area contributed by atoms with Gasteiger partial charge in [-0.1, -0.05) is 112 Å². The molecule has 3 aromatic rings. The Balaban J connectivity index is 1.81. The first-order valence-corrected chi connectivity index (χ1v) is 19.2. The fraction of sp³-hybridized carbons (Fsp3) is 0.441. The summed E-state index contributed by atoms with van der Waals surface area (Å²) in [6.45, 7) is 19.3. The van der Waals surface area contributed by atoms with Crippen LogP contribution in [0.5, 0.6) is 0 Å². The first kappa shape index (κ1) is 30.6. The third-order valence-corrected chi connectivity index (χ3v) is 16.6. The van der Waals surface area contributed by atoms with Gasteiger partial charge in [0.05, 0.1) is 24.2 Å². The van der Waals surface area contributed by atoms with E-state index in [1.54, 1.807) is 6.92 Å². The van der Waals surface area contributed by atoms with Gasteiger partial charge in [0.1, 0.15) is 11.4 Å². The number of ether oxygens (including phenoxy) is 1. The van der Waals surface area contributed by atoms with Crippen molar-refractivity contribution in [1.82, 2.24) is 0 Å². The zero-order chi connectivity index (χ0) is 29.4. The summed E-state index contributed by atoms with van der Waals surface area (Å²) in [7, 11) is -5.23. The van der Waals surface area contributed by atoms with Crippen molar-refractivity contribution in [2.45, 2.75) is 84.4 Å². The van der Waals surface area contributed by atoms with Crippen LogP contribution in [0.3, 0.4) is 0 Å². The second kappa shape index (κ2) is 11.1. The minimum absolute atomic E-state index is 0.0806. The molecule has 0 aromatic heterocycles. The second-order valence-corrected chi connectivity index (χ2v) is 21.4. The molecule has 0 bridgehead atoms. The maximum absolute atomic E-state index is 13.3. The number of carbonyl (C=O) groups excluding carboxylic acids is 1. The molecular weight excluding hydrogens is 529 g/mol. The molecule has 0 saturated carbocycles. The zero-order valence-corrected chi connectivity index (χ0v) is 27.7. The van der Waals surface area contributed by atoms with E-state index in [0.717, 1.165) is 0 Å². The number of hydrogen-bond acceptors (Lipinski definition) is 4. The van der Waals surface area contributed by atoms with Gasteiger partial charge in [-0.25, -0.2) is 0 Å². The van der Waals surface area contributed by atoms with Gasteiger partial charge in [0.25, 0.3) is 8.32 Å². The van der Waals surface area contributed by atoms with Crippen molar-refractivity contribution >= 4 is 38.0 Å². The van der Waals surface area contributed by atoms with E-state index < -0.39 is 33.8 Å². The number of rotatable bonds is 9. The van der Waals surface area contributed by atoms with Crippen LogP contribution in [-0.2, 0) is 18.4 Å². The molecule has 4 atom stereocenters. The molecule has 1 aliphatic heterocycles. The van der Waals surface area contributed by atoms with E-state index in [1.807, 2.05) is 19.9 Å². The fourth-order valence-corrected chi connectivity index (χ4v) is 13.4. The van der Waals surface area contributed by atoms with E-state index in [2.05, 4.69) is 126 Å². The van der Waals surface area contributed by atoms with Gasteiger partial charge in [-0.15, -0.1) is 0 Å². The van der Waals surface area contributed by atoms with Crippen molar-refractivity contribution in [2.75, 3.05) is 6.61 Å². The van der Waals surface area contributed by atoms with Crippen molar-refractivity contribution in [3.63, 3.8) is 0 Å². The molecule has 0 radical (unpaired) electrons. The highest BCUT2D eigenvalue weighted by atomic mass is 28.4. The molecule has 0 unspecified atom stereocenters. The smallest absolute Gasteiger partial charge is 0.261 e. The average molecular weight is 575 g/mol. The first-order chi connectivity index (χ1) is 18.7. The fourth-order valence-electron chi connectivity index (χ4n) is 6.48. The molecule has 3 aromatic carbocycles. The molecule has 40 heavy (non-hydrogen) atoms. The van der Waals surface area contributed by atoms with Crippen LogP contribution >= 0.6 is 0 Å². The Morgan fingerprint density at radius 2 is 1.25 bits per heavy atom. The third-order valence-electron chi connectivity index (χ3n) is 9.02. The molecule has 0 spiro atoms. The Kier molecular flexibility index (Phi) is 8.52. The summed E-state index contributed by atoms with van der Waals surface area (Å²) in [5, 5.41) is 3.45. The minimum Gasteiger partial charge on any atom is -0.406 e. The summed E-state index contributed by atoms with van der Waals surface area (Å²) in [5.74, 6) is 0.0806. The summed E-state index contributed by atoms with van der Waals surface area (Å²) < 4.78 is 21.3. The van der Waals surface area contributed by atoms with Crippen LogP contribution in [0.4, 0.5) is 0 Å². The molecule has 6 heteroatoms. The maximum Gasteiger partial charge on any atom is 0.261 e. The van der Waals surface area contributed by atoms with Crippen LogP contribution in [0, 0.1) is 5.41 Å². The Bertz CT molecular complexity index is 1250. The van der Waals surface area contributed by atoms with Gasteiger partial charge in [-0.3, -0.25) is 4.79 Å². The van der Waals surface area contributed by atoms with Crippen molar-refractivity contribution in [1.29, 1.82) is 0 Å². The van der Waals surface area contributed by atoms with Gasteiger partial charge in [0.2, 0.25) is 8.32 Å². The van der Waals surface area contributed by atoms with Crippen LogP contribution in [0.2, 0.25) is 18.1 Å². The van der Waals surface area contributed by atoms with Gasteiger partial charge in [-0.2, -0.15) is 0 Å². The van der Waals surface area contributed by atoms with Crippen LogP contribution in [0.1, 0.15) is 48.5 Å². The lowest BCUT2D eigenvalue weighted by Gasteiger charge is -2.46. The predicted molar refractivity (Wildman–Crippen MR) is 170 cm³/mol. The van der Waals surface area contributed by atoms with Crippen molar-refractivity contribution in [3.8, 4) is 0 Å². The zero-order valence-electron chi connectivity index (χ0n) is 25.7. The standard InChI is InChI=1S/C34H46O4Si2/c1-26(35)34(7)27(2)37-33(6,31(34)38-39(8,9)28-19-13-10-14-20-28)25-36-40(32(3,4)5,29-21-15-11-16-22-29)30-23-17-12-18-24-30/h10-24,27,31H,25H2,1-9H3/t27-,31+,33+,34+/m0/s1. The van der Waals surface area contributed by atoms with Crippen LogP contribution in [-0.4, -0.2) is 46.8 Å². The molecule has 0 N–H and O–H groups in total. The molecule has 4 rings (SSSR count). The highest BCUT2D eigenvalue weighted by molar-refractivity contribution is 6.99. The third kappa shape index (κ3) is 5.32. The van der Waals surface area contributed by atoms with E-state index in [4.69, 9.17) is 13.6 Å². The molecule has 1 heterocycles. The van der Waals surface area contributed by atoms with Crippen molar-refractivity contribution in [3.05, 3.63) is 91.0 Å². The number of Topliss-reactive ketones (excluding diaryl/α,β-unsaturated/α-hetero) is 1. The lowest BCUT2D eigenvalue weighted by molar-refractivity contribution is -0.131. The molecule has 0 amide bonds. The molecule has 4 nitrogen and oxygen atoms in total. The number of benzene rings is 3. The largest absolute Gasteiger partial charge is 0.406 e. The van der Waals surface area contributed by atoms with E-state index in [0.29, 0.717) is 6.61 Å². The Hall–Kier alpha value is -2.36. The van der Waals surface area contributed by atoms with Gasteiger partial charge in [0, 0.05) is 0 Å². The highest BCUT2D eigenvalue weighted by Crippen LogP contribution is 2.49. The minimum atomic E-state index is -2.82. The predicted octanol–water partition coefficient (Wildman–Crippen LogP) is 5.83. The number of hydrogen-bond donors (Lipinski definition) is 0. The molecular formula is C34H46O4Si2. The van der Waals surface area contributed by atoms with Crippen LogP contribution in [0.25, 0.3) is 0 Å². The summed E-state index contributed by atoms with van der Waals surface area (Å²) in [4.78, 5) is 13.3.